The van der Waals surface area contributed by atoms with E-state index in [4.69, 9.17) is 9.72 Å². The Kier molecular flexibility index (Phi) is 11.0. The summed E-state index contributed by atoms with van der Waals surface area (Å²) in [5.74, 6) is 0.948. The fourth-order valence-corrected chi connectivity index (χ4v) is 9.01. The first-order chi connectivity index (χ1) is 26.8. The summed E-state index contributed by atoms with van der Waals surface area (Å²) in [6.45, 7) is 13.6. The number of aromatic nitrogens is 2. The van der Waals surface area contributed by atoms with Crippen molar-refractivity contribution in [3.63, 3.8) is 0 Å². The normalized spacial score (nSPS) is 21.5. The van der Waals surface area contributed by atoms with Crippen molar-refractivity contribution in [2.24, 2.45) is 11.8 Å². The second-order valence-corrected chi connectivity index (χ2v) is 17.1. The Bertz CT molecular complexity index is 2080. The Morgan fingerprint density at radius 1 is 0.964 bits per heavy atom. The lowest BCUT2D eigenvalue weighted by molar-refractivity contribution is -0.137. The van der Waals surface area contributed by atoms with Gasteiger partial charge in [0.25, 0.3) is 0 Å². The van der Waals surface area contributed by atoms with E-state index in [-0.39, 0.29) is 46.9 Å². The van der Waals surface area contributed by atoms with E-state index in [1.165, 1.54) is 34.9 Å². The van der Waals surface area contributed by atoms with Crippen LogP contribution in [0.1, 0.15) is 120 Å². The second-order valence-electron chi connectivity index (χ2n) is 17.1. The molecule has 3 N–H and O–H groups in total. The Hall–Kier alpha value is -5.19. The van der Waals surface area contributed by atoms with Gasteiger partial charge in [-0.05, 0) is 89.5 Å². The molecule has 0 saturated carbocycles. The van der Waals surface area contributed by atoms with Gasteiger partial charge in [0.2, 0.25) is 17.7 Å². The third-order valence-corrected chi connectivity index (χ3v) is 12.1. The molecule has 4 aliphatic rings. The van der Waals surface area contributed by atoms with Gasteiger partial charge in [-0.1, -0.05) is 84.0 Å². The number of anilines is 1. The number of hydrogen-bond acceptors (Lipinski definition) is 6. The molecule has 1 aromatic heterocycles. The van der Waals surface area contributed by atoms with Gasteiger partial charge in [-0.3, -0.25) is 14.4 Å². The highest BCUT2D eigenvalue weighted by atomic mass is 16.5. The van der Waals surface area contributed by atoms with Gasteiger partial charge in [-0.2, -0.15) is 0 Å². The van der Waals surface area contributed by atoms with Crippen LogP contribution in [0.2, 0.25) is 0 Å². The smallest absolute Gasteiger partial charge is 0.407 e. The number of benzene rings is 2. The molecule has 2 fully saturated rings. The fraction of sp³-hybridized carbons (Fsp3) is 0.489. The maximum Gasteiger partial charge on any atom is 0.407 e. The lowest BCUT2D eigenvalue weighted by Gasteiger charge is -2.30. The summed E-state index contributed by atoms with van der Waals surface area (Å²) >= 11 is 0. The predicted molar refractivity (Wildman–Crippen MR) is 218 cm³/mol. The monoisotopic (exact) mass is 760 g/mol. The van der Waals surface area contributed by atoms with Crippen molar-refractivity contribution in [2.45, 2.75) is 110 Å². The van der Waals surface area contributed by atoms with Crippen molar-refractivity contribution in [1.29, 1.82) is 0 Å². The van der Waals surface area contributed by atoms with Crippen molar-refractivity contribution in [2.75, 3.05) is 25.5 Å². The van der Waals surface area contributed by atoms with Crippen molar-refractivity contribution in [3.8, 4) is 11.1 Å². The summed E-state index contributed by atoms with van der Waals surface area (Å²) in [7, 11) is 1.30. The first-order valence-corrected chi connectivity index (χ1v) is 20.2. The first-order valence-electron chi connectivity index (χ1n) is 20.2. The number of imidazole rings is 1. The molecule has 4 amide bonds. The number of allylic oxidation sites excluding steroid dienone is 4. The summed E-state index contributed by atoms with van der Waals surface area (Å²) in [6, 6.07) is 11.7. The van der Waals surface area contributed by atoms with E-state index in [1.54, 1.807) is 4.90 Å². The largest absolute Gasteiger partial charge is 0.453 e. The van der Waals surface area contributed by atoms with Gasteiger partial charge in [0.1, 0.15) is 17.9 Å². The van der Waals surface area contributed by atoms with Gasteiger partial charge in [0.05, 0.1) is 25.0 Å². The zero-order valence-corrected chi connectivity index (χ0v) is 33.8. The van der Waals surface area contributed by atoms with Gasteiger partial charge < -0.3 is 30.2 Å². The molecule has 11 heteroatoms. The number of ether oxygens (including phenoxy) is 1. The van der Waals surface area contributed by atoms with E-state index < -0.39 is 18.2 Å². The number of hydrogen-bond donors (Lipinski definition) is 3. The molecule has 11 nitrogen and oxygen atoms in total. The quantitative estimate of drug-likeness (QED) is 0.193. The summed E-state index contributed by atoms with van der Waals surface area (Å²) in [6.07, 6.45) is 12.4. The van der Waals surface area contributed by atoms with Crippen molar-refractivity contribution in [3.05, 3.63) is 89.0 Å². The molecule has 2 saturated heterocycles. The number of fused-ring (bicyclic) bond motifs is 3. The van der Waals surface area contributed by atoms with Gasteiger partial charge >= 0.3 is 6.09 Å². The fourth-order valence-electron chi connectivity index (χ4n) is 9.01. The number of carbonyl (C=O) groups excluding carboxylic acids is 4. The van der Waals surface area contributed by atoms with Crippen LogP contribution in [0.5, 0.6) is 0 Å². The van der Waals surface area contributed by atoms with Gasteiger partial charge in [0, 0.05) is 36.5 Å². The number of carbonyl (C=O) groups is 4. The van der Waals surface area contributed by atoms with Crippen LogP contribution in [0.15, 0.2) is 60.8 Å². The Labute approximate surface area is 330 Å². The van der Waals surface area contributed by atoms with E-state index in [0.29, 0.717) is 25.9 Å². The summed E-state index contributed by atoms with van der Waals surface area (Å²) in [4.78, 5) is 63.7. The molecule has 4 atom stereocenters. The average Bonchev–Trinajstić information content (AvgIpc) is 4.00. The van der Waals surface area contributed by atoms with Gasteiger partial charge in [-0.15, -0.1) is 0 Å². The predicted octanol–water partition coefficient (Wildman–Crippen LogP) is 7.86. The SMILES string of the molecule is COC(=O)N[C@H](C(=O)N1CCC[C@H]1c1ncc(C2=CCC(c3ccc4c(c3)C(C)(C)c3cc(NC(=O)[C@@H]5CCCN5C(=O)CC(C)C)ccc3-4)C=C2)[nH]1)C(C)C. The zero-order valence-electron chi connectivity index (χ0n) is 33.8. The molecule has 2 aliphatic carbocycles. The number of amides is 4. The third-order valence-electron chi connectivity index (χ3n) is 12.1. The Morgan fingerprint density at radius 2 is 1.68 bits per heavy atom. The maximum atomic E-state index is 13.6. The van der Waals surface area contributed by atoms with Crippen LogP contribution in [0.3, 0.4) is 0 Å². The van der Waals surface area contributed by atoms with Crippen molar-refractivity contribution < 1.29 is 23.9 Å². The van der Waals surface area contributed by atoms with E-state index >= 15 is 0 Å². The van der Waals surface area contributed by atoms with Crippen molar-refractivity contribution in [1.82, 2.24) is 25.1 Å². The van der Waals surface area contributed by atoms with E-state index in [2.05, 4.69) is 78.0 Å². The molecule has 0 radical (unpaired) electrons. The minimum atomic E-state index is -0.677. The maximum absolute atomic E-state index is 13.6. The number of methoxy groups -OCH3 is 1. The molecule has 56 heavy (non-hydrogen) atoms. The molecule has 296 valence electrons. The van der Waals surface area contributed by atoms with Crippen LogP contribution in [-0.4, -0.2) is 75.9 Å². The molecule has 1 unspecified atom stereocenters. The van der Waals surface area contributed by atoms with Crippen LogP contribution in [0, 0.1) is 11.8 Å². The zero-order chi connectivity index (χ0) is 39.9. The number of nitrogens with one attached hydrogen (secondary N) is 3. The molecule has 2 aliphatic heterocycles. The molecule has 0 spiro atoms. The average molecular weight is 761 g/mol. The molecular formula is C45H56N6O5. The number of nitrogens with zero attached hydrogens (tertiary/aromatic N) is 3. The van der Waals surface area contributed by atoms with E-state index in [1.807, 2.05) is 44.9 Å². The van der Waals surface area contributed by atoms with Crippen LogP contribution in [0.25, 0.3) is 16.7 Å². The topological polar surface area (TPSA) is 137 Å². The molecule has 0 bridgehead atoms. The number of rotatable bonds is 10. The lowest BCUT2D eigenvalue weighted by atomic mass is 9.80. The Balaban J connectivity index is 1.02. The van der Waals surface area contributed by atoms with Crippen LogP contribution < -0.4 is 10.6 Å². The van der Waals surface area contributed by atoms with Crippen LogP contribution in [-0.2, 0) is 24.5 Å². The van der Waals surface area contributed by atoms with E-state index in [0.717, 1.165) is 48.5 Å². The van der Waals surface area contributed by atoms with Crippen LogP contribution in [0.4, 0.5) is 10.5 Å². The standard InChI is InChI=1S/C45H56N6O5/c1-26(2)22-39(52)50-20-9-11-38(50)42(53)47-31-17-19-33-32-18-16-30(23-34(32)45(5,6)35(33)24-31)28-12-14-29(15-13-28)36-25-46-41(48-36)37-10-8-21-51(37)43(54)40(27(3)4)49-44(55)56-7/h12,14-19,23-28,37-38,40H,8-11,13,20-22H2,1-7H3,(H,46,48)(H,47,53)(H,49,55)/t28?,37-,38-,40-/m0/s1. The van der Waals surface area contributed by atoms with Gasteiger partial charge in [0.15, 0.2) is 0 Å². The van der Waals surface area contributed by atoms with E-state index in [9.17, 15) is 19.2 Å². The highest BCUT2D eigenvalue weighted by Crippen LogP contribution is 2.50. The Morgan fingerprint density at radius 3 is 2.38 bits per heavy atom. The molecule has 2 aromatic carbocycles. The molecule has 3 aromatic rings. The number of aromatic amines is 1. The van der Waals surface area contributed by atoms with Crippen molar-refractivity contribution >= 4 is 35.1 Å². The second kappa shape index (κ2) is 15.7. The third kappa shape index (κ3) is 7.52. The molecular weight excluding hydrogens is 705 g/mol. The molecule has 3 heterocycles. The lowest BCUT2D eigenvalue weighted by Crippen LogP contribution is -2.51. The number of H-pyrrole nitrogens is 1. The summed E-state index contributed by atoms with van der Waals surface area (Å²) in [5.41, 5.74) is 8.58. The summed E-state index contributed by atoms with van der Waals surface area (Å²) < 4.78 is 4.77. The number of likely N-dealkylation sites (tertiary alicyclic amines) is 2. The van der Waals surface area contributed by atoms with Crippen LogP contribution >= 0.6 is 0 Å². The minimum Gasteiger partial charge on any atom is -0.453 e. The highest BCUT2D eigenvalue weighted by molar-refractivity contribution is 5.98. The summed E-state index contributed by atoms with van der Waals surface area (Å²) in [5, 5.41) is 5.86. The molecule has 7 rings (SSSR count). The minimum absolute atomic E-state index is 0.0582. The first kappa shape index (κ1) is 39.1. The highest BCUT2D eigenvalue weighted by Gasteiger charge is 2.39. The van der Waals surface area contributed by atoms with Gasteiger partial charge in [-0.25, -0.2) is 9.78 Å². The number of alkyl carbamates (subject to hydrolysis) is 1.